The molecule has 31 heavy (non-hydrogen) atoms. The minimum absolute atomic E-state index is 0.0236. The predicted molar refractivity (Wildman–Crippen MR) is 117 cm³/mol. The summed E-state index contributed by atoms with van der Waals surface area (Å²) in [6.45, 7) is 0.960. The first-order valence-corrected chi connectivity index (χ1v) is 10.9. The van der Waals surface area contributed by atoms with Crippen molar-refractivity contribution in [1.29, 1.82) is 0 Å². The van der Waals surface area contributed by atoms with Gasteiger partial charge < -0.3 is 9.80 Å². The zero-order valence-electron chi connectivity index (χ0n) is 16.8. The van der Waals surface area contributed by atoms with Crippen LogP contribution in [0.1, 0.15) is 44.7 Å². The van der Waals surface area contributed by atoms with Crippen LogP contribution >= 0.6 is 11.6 Å². The van der Waals surface area contributed by atoms with Crippen LogP contribution in [0.3, 0.4) is 0 Å². The predicted octanol–water partition coefficient (Wildman–Crippen LogP) is 4.23. The van der Waals surface area contributed by atoms with Crippen molar-refractivity contribution in [3.8, 4) is 0 Å². The Balaban J connectivity index is 1.63. The van der Waals surface area contributed by atoms with Gasteiger partial charge in [0, 0.05) is 41.5 Å². The van der Waals surface area contributed by atoms with E-state index in [2.05, 4.69) is 11.1 Å². The molecule has 2 amide bonds. The largest absolute Gasteiger partial charge is 0.309 e. The highest BCUT2D eigenvalue weighted by Crippen LogP contribution is 2.67. The fraction of sp³-hybridized carbons (Fsp3) is 0.240. The molecule has 0 bridgehead atoms. The Morgan fingerprint density at radius 3 is 2.45 bits per heavy atom. The first-order valence-electron chi connectivity index (χ1n) is 10.5. The summed E-state index contributed by atoms with van der Waals surface area (Å²) in [5, 5.41) is 0.627. The molecule has 1 aromatic heterocycles. The van der Waals surface area contributed by atoms with E-state index in [9.17, 15) is 9.59 Å². The van der Waals surface area contributed by atoms with Gasteiger partial charge in [0.15, 0.2) is 5.66 Å². The van der Waals surface area contributed by atoms with E-state index < -0.39 is 5.66 Å². The molecule has 1 atom stereocenters. The normalized spacial score (nSPS) is 22.9. The molecule has 1 unspecified atom stereocenters. The highest BCUT2D eigenvalue weighted by Gasteiger charge is 2.73. The van der Waals surface area contributed by atoms with Crippen molar-refractivity contribution in [1.82, 2.24) is 14.8 Å². The second-order valence-corrected chi connectivity index (χ2v) is 8.90. The van der Waals surface area contributed by atoms with E-state index in [0.717, 1.165) is 29.5 Å². The molecule has 3 aromatic rings. The van der Waals surface area contributed by atoms with Crippen molar-refractivity contribution < 1.29 is 9.59 Å². The summed E-state index contributed by atoms with van der Waals surface area (Å²) in [5.41, 5.74) is 2.03. The molecule has 1 saturated heterocycles. The Morgan fingerprint density at radius 2 is 1.74 bits per heavy atom. The molecule has 2 aromatic carbocycles. The molecule has 3 heterocycles. The number of pyridine rings is 1. The third kappa shape index (κ3) is 2.30. The van der Waals surface area contributed by atoms with E-state index in [0.29, 0.717) is 23.7 Å². The molecule has 5 nitrogen and oxygen atoms in total. The maximum atomic E-state index is 13.8. The molecule has 1 saturated carbocycles. The summed E-state index contributed by atoms with van der Waals surface area (Å²) < 4.78 is 0. The maximum Gasteiger partial charge on any atom is 0.257 e. The fourth-order valence-electron chi connectivity index (χ4n) is 5.76. The van der Waals surface area contributed by atoms with E-state index in [1.54, 1.807) is 24.5 Å². The fourth-order valence-corrected chi connectivity index (χ4v) is 5.89. The number of amides is 2. The second-order valence-electron chi connectivity index (χ2n) is 8.46. The van der Waals surface area contributed by atoms with Crippen molar-refractivity contribution in [3.05, 3.63) is 100 Å². The minimum Gasteiger partial charge on any atom is -0.309 e. The Bertz CT molecular complexity index is 1210. The molecule has 3 aliphatic rings. The molecular formula is C25H20ClN3O2. The van der Waals surface area contributed by atoms with Gasteiger partial charge in [-0.2, -0.15) is 0 Å². The number of carbonyl (C=O) groups is 2. The molecule has 0 N–H and O–H groups in total. The van der Waals surface area contributed by atoms with Gasteiger partial charge in [0.2, 0.25) is 0 Å². The Labute approximate surface area is 185 Å². The van der Waals surface area contributed by atoms with Crippen molar-refractivity contribution in [3.63, 3.8) is 0 Å². The Morgan fingerprint density at radius 1 is 0.968 bits per heavy atom. The van der Waals surface area contributed by atoms with E-state index in [4.69, 9.17) is 11.6 Å². The second kappa shape index (κ2) is 6.41. The van der Waals surface area contributed by atoms with Crippen molar-refractivity contribution >= 4 is 23.4 Å². The molecule has 6 rings (SSSR count). The van der Waals surface area contributed by atoms with E-state index >= 15 is 0 Å². The number of benzene rings is 2. The quantitative estimate of drug-likeness (QED) is 0.612. The van der Waals surface area contributed by atoms with Crippen LogP contribution < -0.4 is 0 Å². The molecule has 2 aliphatic heterocycles. The first kappa shape index (κ1) is 18.6. The first-order chi connectivity index (χ1) is 15.1. The van der Waals surface area contributed by atoms with Gasteiger partial charge in [0.1, 0.15) is 0 Å². The van der Waals surface area contributed by atoms with Gasteiger partial charge in [-0.15, -0.1) is 0 Å². The zero-order valence-corrected chi connectivity index (χ0v) is 17.5. The summed E-state index contributed by atoms with van der Waals surface area (Å²) in [5.74, 6) is -0.131. The number of aromatic nitrogens is 1. The highest BCUT2D eigenvalue weighted by molar-refractivity contribution is 6.30. The number of hydrogen-bond acceptors (Lipinski definition) is 3. The highest BCUT2D eigenvalue weighted by atomic mass is 35.5. The van der Waals surface area contributed by atoms with Gasteiger partial charge in [-0.3, -0.25) is 14.6 Å². The number of halogens is 1. The lowest BCUT2D eigenvalue weighted by Crippen LogP contribution is -2.64. The van der Waals surface area contributed by atoms with Crippen LogP contribution in [0.5, 0.6) is 0 Å². The average molecular weight is 430 g/mol. The lowest BCUT2D eigenvalue weighted by Gasteiger charge is -2.53. The topological polar surface area (TPSA) is 53.5 Å². The van der Waals surface area contributed by atoms with Crippen LogP contribution in [0.4, 0.5) is 0 Å². The zero-order chi connectivity index (χ0) is 21.2. The van der Waals surface area contributed by atoms with Gasteiger partial charge in [0.05, 0.1) is 5.56 Å². The van der Waals surface area contributed by atoms with Crippen LogP contribution in [0.15, 0.2) is 73.1 Å². The lowest BCUT2D eigenvalue weighted by atomic mass is 9.71. The van der Waals surface area contributed by atoms with E-state index in [1.807, 2.05) is 52.3 Å². The summed E-state index contributed by atoms with van der Waals surface area (Å²) >= 11 is 6.21. The SMILES string of the molecule is O=C(c1cccnc1)N1CCN2C(=O)c3ccccc3C3(CC3)C12c1ccc(Cl)cc1. The summed E-state index contributed by atoms with van der Waals surface area (Å²) in [4.78, 5) is 35.5. The van der Waals surface area contributed by atoms with E-state index in [1.165, 1.54) is 0 Å². The van der Waals surface area contributed by atoms with Crippen LogP contribution in [0, 0.1) is 0 Å². The van der Waals surface area contributed by atoms with Crippen molar-refractivity contribution in [2.24, 2.45) is 0 Å². The maximum absolute atomic E-state index is 13.8. The van der Waals surface area contributed by atoms with Gasteiger partial charge in [-0.05, 0) is 54.3 Å². The lowest BCUT2D eigenvalue weighted by molar-refractivity contribution is -0.0164. The molecule has 1 aliphatic carbocycles. The van der Waals surface area contributed by atoms with Crippen LogP contribution in [-0.4, -0.2) is 39.7 Å². The number of rotatable bonds is 2. The number of hydrogen-bond donors (Lipinski definition) is 0. The third-order valence-electron chi connectivity index (χ3n) is 7.06. The van der Waals surface area contributed by atoms with Gasteiger partial charge in [-0.1, -0.05) is 41.9 Å². The third-order valence-corrected chi connectivity index (χ3v) is 7.32. The van der Waals surface area contributed by atoms with Gasteiger partial charge >= 0.3 is 0 Å². The Kier molecular flexibility index (Phi) is 3.84. The smallest absolute Gasteiger partial charge is 0.257 e. The summed E-state index contributed by atoms with van der Waals surface area (Å²) in [7, 11) is 0. The molecule has 0 radical (unpaired) electrons. The standard InChI is InChI=1S/C25H20ClN3O2/c26-19-9-7-18(8-10-19)25-24(11-12-24)21-6-2-1-5-20(21)23(31)29(25)15-14-28(25)22(30)17-4-3-13-27-16-17/h1-10,13,16H,11-12,14-15H2. The Hall–Kier alpha value is -3.18. The van der Waals surface area contributed by atoms with Crippen molar-refractivity contribution in [2.45, 2.75) is 23.9 Å². The average Bonchev–Trinajstić information content (AvgIpc) is 3.52. The van der Waals surface area contributed by atoms with Gasteiger partial charge in [0.25, 0.3) is 11.8 Å². The van der Waals surface area contributed by atoms with Crippen LogP contribution in [0.25, 0.3) is 0 Å². The molecule has 154 valence electrons. The monoisotopic (exact) mass is 429 g/mol. The van der Waals surface area contributed by atoms with Crippen LogP contribution in [0.2, 0.25) is 5.02 Å². The van der Waals surface area contributed by atoms with Crippen LogP contribution in [-0.2, 0) is 11.1 Å². The summed E-state index contributed by atoms with van der Waals surface area (Å²) in [6, 6.07) is 19.0. The number of nitrogens with zero attached hydrogens (tertiary/aromatic N) is 3. The van der Waals surface area contributed by atoms with E-state index in [-0.39, 0.29) is 17.2 Å². The minimum atomic E-state index is -0.879. The van der Waals surface area contributed by atoms with Gasteiger partial charge in [-0.25, -0.2) is 0 Å². The molecule has 1 spiro atoms. The summed E-state index contributed by atoms with van der Waals surface area (Å²) in [6.07, 6.45) is 5.07. The molecular weight excluding hydrogens is 410 g/mol. The number of carbonyl (C=O) groups excluding carboxylic acids is 2. The molecule has 6 heteroatoms. The van der Waals surface area contributed by atoms with Crippen molar-refractivity contribution in [2.75, 3.05) is 13.1 Å². The molecule has 2 fully saturated rings. The number of fused-ring (bicyclic) bond motifs is 4.